The molecule has 2 amide bonds. The number of phenols is 1. The van der Waals surface area contributed by atoms with Crippen LogP contribution in [0.1, 0.15) is 10.4 Å². The molecule has 1 aliphatic heterocycles. The number of azide groups is 1. The van der Waals surface area contributed by atoms with Gasteiger partial charge < -0.3 is 20.0 Å². The summed E-state index contributed by atoms with van der Waals surface area (Å²) >= 11 is 0. The summed E-state index contributed by atoms with van der Waals surface area (Å²) in [5, 5.41) is 22.0. The maximum Gasteiger partial charge on any atom is 0.407 e. The molecule has 2 N–H and O–H groups in total. The van der Waals surface area contributed by atoms with Crippen molar-refractivity contribution >= 4 is 17.7 Å². The molecular formula is C12H13N5O4. The van der Waals surface area contributed by atoms with Gasteiger partial charge in [-0.05, 0) is 17.7 Å². The zero-order chi connectivity index (χ0) is 15.4. The van der Waals surface area contributed by atoms with Crippen LogP contribution in [0, 0.1) is 0 Å². The molecule has 0 radical (unpaired) electrons. The van der Waals surface area contributed by atoms with Gasteiger partial charge in [0.1, 0.15) is 5.75 Å². The largest absolute Gasteiger partial charge is 0.507 e. The van der Waals surface area contributed by atoms with Crippen molar-refractivity contribution < 1.29 is 19.8 Å². The molecule has 0 saturated carbocycles. The summed E-state index contributed by atoms with van der Waals surface area (Å²) in [6.45, 7) is 1.00. The normalized spacial score (nSPS) is 14.5. The molecular weight excluding hydrogens is 278 g/mol. The molecule has 0 spiro atoms. The van der Waals surface area contributed by atoms with Crippen molar-refractivity contribution in [3.8, 4) is 5.75 Å². The van der Waals surface area contributed by atoms with Gasteiger partial charge in [0.05, 0.1) is 5.56 Å². The number of benzene rings is 1. The molecule has 1 fully saturated rings. The molecule has 1 aromatic carbocycles. The molecule has 110 valence electrons. The van der Waals surface area contributed by atoms with Gasteiger partial charge in [-0.3, -0.25) is 4.79 Å². The van der Waals surface area contributed by atoms with E-state index in [9.17, 15) is 14.7 Å². The fraction of sp³-hybridized carbons (Fsp3) is 0.333. The summed E-state index contributed by atoms with van der Waals surface area (Å²) in [6, 6.07) is 4.02. The lowest BCUT2D eigenvalue weighted by Gasteiger charge is -2.33. The second-order valence-electron chi connectivity index (χ2n) is 4.45. The van der Waals surface area contributed by atoms with Gasteiger partial charge in [-0.25, -0.2) is 4.79 Å². The number of carboxylic acid groups (broad SMARTS) is 1. The quantitative estimate of drug-likeness (QED) is 0.488. The van der Waals surface area contributed by atoms with E-state index in [1.807, 2.05) is 0 Å². The zero-order valence-electron chi connectivity index (χ0n) is 11.0. The SMILES string of the molecule is [N-]=[N+]=Nc1ccc(C(=O)N2CCN(C(=O)O)CC2)c(O)c1. The van der Waals surface area contributed by atoms with E-state index in [1.54, 1.807) is 0 Å². The minimum absolute atomic E-state index is 0.0932. The zero-order valence-corrected chi connectivity index (χ0v) is 11.0. The Bertz CT molecular complexity index is 618. The highest BCUT2D eigenvalue weighted by Gasteiger charge is 2.25. The average Bonchev–Trinajstić information content (AvgIpc) is 2.47. The van der Waals surface area contributed by atoms with Crippen LogP contribution in [0.4, 0.5) is 10.5 Å². The van der Waals surface area contributed by atoms with Crippen LogP contribution in [-0.4, -0.2) is 58.2 Å². The predicted octanol–water partition coefficient (Wildman–Crippen LogP) is 1.77. The van der Waals surface area contributed by atoms with E-state index < -0.39 is 6.09 Å². The lowest BCUT2D eigenvalue weighted by Crippen LogP contribution is -2.50. The summed E-state index contributed by atoms with van der Waals surface area (Å²) in [5.41, 5.74) is 8.62. The number of hydrogen-bond donors (Lipinski definition) is 2. The molecule has 2 rings (SSSR count). The number of carbonyl (C=O) groups excluding carboxylic acids is 1. The summed E-state index contributed by atoms with van der Waals surface area (Å²) in [7, 11) is 0. The lowest BCUT2D eigenvalue weighted by molar-refractivity contribution is 0.0622. The maximum absolute atomic E-state index is 12.3. The fourth-order valence-electron chi connectivity index (χ4n) is 2.09. The minimum atomic E-state index is -1.01. The first-order valence-corrected chi connectivity index (χ1v) is 6.18. The predicted molar refractivity (Wildman–Crippen MR) is 72.4 cm³/mol. The summed E-state index contributed by atoms with van der Waals surface area (Å²) in [4.78, 5) is 28.4. The average molecular weight is 291 g/mol. The third kappa shape index (κ3) is 3.15. The van der Waals surface area contributed by atoms with Gasteiger partial charge in [0.25, 0.3) is 5.91 Å². The molecule has 0 aliphatic carbocycles. The Morgan fingerprint density at radius 3 is 2.33 bits per heavy atom. The van der Waals surface area contributed by atoms with Gasteiger partial charge in [-0.15, -0.1) is 0 Å². The van der Waals surface area contributed by atoms with E-state index in [0.29, 0.717) is 0 Å². The Kier molecular flexibility index (Phi) is 4.15. The van der Waals surface area contributed by atoms with Crippen LogP contribution in [0.3, 0.4) is 0 Å². The second kappa shape index (κ2) is 6.02. The molecule has 0 bridgehead atoms. The van der Waals surface area contributed by atoms with Crippen molar-refractivity contribution in [3.05, 3.63) is 34.2 Å². The van der Waals surface area contributed by atoms with Crippen LogP contribution in [-0.2, 0) is 0 Å². The van der Waals surface area contributed by atoms with Gasteiger partial charge in [0, 0.05) is 36.8 Å². The highest BCUT2D eigenvalue weighted by atomic mass is 16.4. The molecule has 0 unspecified atom stereocenters. The van der Waals surface area contributed by atoms with Gasteiger partial charge in [0.2, 0.25) is 0 Å². The van der Waals surface area contributed by atoms with Crippen LogP contribution in [0.15, 0.2) is 23.3 Å². The van der Waals surface area contributed by atoms with E-state index in [-0.39, 0.29) is 49.1 Å². The van der Waals surface area contributed by atoms with Crippen LogP contribution < -0.4 is 0 Å². The summed E-state index contributed by atoms with van der Waals surface area (Å²) in [5.74, 6) is -0.657. The number of piperazine rings is 1. The second-order valence-corrected chi connectivity index (χ2v) is 4.45. The van der Waals surface area contributed by atoms with Crippen LogP contribution in [0.5, 0.6) is 5.75 Å². The van der Waals surface area contributed by atoms with E-state index in [2.05, 4.69) is 10.0 Å². The van der Waals surface area contributed by atoms with Crippen molar-refractivity contribution in [1.29, 1.82) is 0 Å². The number of rotatable bonds is 2. The third-order valence-corrected chi connectivity index (χ3v) is 3.21. The monoisotopic (exact) mass is 291 g/mol. The highest BCUT2D eigenvalue weighted by Crippen LogP contribution is 2.25. The minimum Gasteiger partial charge on any atom is -0.507 e. The molecule has 1 aromatic rings. The summed E-state index contributed by atoms with van der Waals surface area (Å²) < 4.78 is 0. The topological polar surface area (TPSA) is 130 Å². The summed E-state index contributed by atoms with van der Waals surface area (Å²) in [6.07, 6.45) is -1.01. The van der Waals surface area contributed by atoms with Gasteiger partial charge in [-0.2, -0.15) is 0 Å². The number of aromatic hydroxyl groups is 1. The molecule has 1 aliphatic rings. The van der Waals surface area contributed by atoms with E-state index in [4.69, 9.17) is 10.6 Å². The van der Waals surface area contributed by atoms with E-state index in [1.165, 1.54) is 28.0 Å². The molecule has 21 heavy (non-hydrogen) atoms. The van der Waals surface area contributed by atoms with Crippen LogP contribution >= 0.6 is 0 Å². The maximum atomic E-state index is 12.3. The molecule has 9 heteroatoms. The number of carbonyl (C=O) groups is 2. The Labute approximate surface area is 119 Å². The van der Waals surface area contributed by atoms with Crippen LogP contribution in [0.25, 0.3) is 10.4 Å². The number of phenolic OH excluding ortho intramolecular Hbond substituents is 1. The smallest absolute Gasteiger partial charge is 0.407 e. The first-order valence-electron chi connectivity index (χ1n) is 6.18. The first kappa shape index (κ1) is 14.5. The molecule has 0 atom stereocenters. The van der Waals surface area contributed by atoms with Crippen molar-refractivity contribution in [2.45, 2.75) is 0 Å². The Morgan fingerprint density at radius 1 is 1.19 bits per heavy atom. The first-order chi connectivity index (χ1) is 10.0. The van der Waals surface area contributed by atoms with Crippen LogP contribution in [0.2, 0.25) is 0 Å². The third-order valence-electron chi connectivity index (χ3n) is 3.21. The Morgan fingerprint density at radius 2 is 1.81 bits per heavy atom. The lowest BCUT2D eigenvalue weighted by atomic mass is 10.1. The molecule has 1 saturated heterocycles. The molecule has 1 heterocycles. The number of nitrogens with zero attached hydrogens (tertiary/aromatic N) is 5. The van der Waals surface area contributed by atoms with E-state index >= 15 is 0 Å². The van der Waals surface area contributed by atoms with Gasteiger partial charge in [-0.1, -0.05) is 11.2 Å². The molecule has 9 nitrogen and oxygen atoms in total. The van der Waals surface area contributed by atoms with Gasteiger partial charge in [0.15, 0.2) is 0 Å². The number of amides is 2. The number of hydrogen-bond acceptors (Lipinski definition) is 4. The molecule has 0 aromatic heterocycles. The van der Waals surface area contributed by atoms with E-state index in [0.717, 1.165) is 0 Å². The standard InChI is InChI=1S/C12H13N5O4/c13-15-14-8-1-2-9(10(18)7-8)11(19)16-3-5-17(6-4-16)12(20)21/h1-2,7,18H,3-6H2,(H,20,21). The van der Waals surface area contributed by atoms with Crippen molar-refractivity contribution in [2.75, 3.05) is 26.2 Å². The van der Waals surface area contributed by atoms with Crippen molar-refractivity contribution in [2.24, 2.45) is 5.11 Å². The Hall–Kier alpha value is -2.93. The fourth-order valence-corrected chi connectivity index (χ4v) is 2.09. The van der Waals surface area contributed by atoms with Crippen molar-refractivity contribution in [3.63, 3.8) is 0 Å². The van der Waals surface area contributed by atoms with Crippen molar-refractivity contribution in [1.82, 2.24) is 9.80 Å². The highest BCUT2D eigenvalue weighted by molar-refractivity contribution is 5.97. The van der Waals surface area contributed by atoms with Gasteiger partial charge >= 0.3 is 6.09 Å². The Balaban J connectivity index is 2.11.